The summed E-state index contributed by atoms with van der Waals surface area (Å²) in [6, 6.07) is 5.87. The van der Waals surface area contributed by atoms with Gasteiger partial charge in [-0.3, -0.25) is 4.79 Å². The van der Waals surface area contributed by atoms with Gasteiger partial charge < -0.3 is 10.6 Å². The molecule has 1 heterocycles. The summed E-state index contributed by atoms with van der Waals surface area (Å²) in [5.41, 5.74) is 0.478. The van der Waals surface area contributed by atoms with Crippen LogP contribution in [0.5, 0.6) is 0 Å². The summed E-state index contributed by atoms with van der Waals surface area (Å²) in [5, 5.41) is 7.53. The van der Waals surface area contributed by atoms with Crippen LogP contribution in [0.3, 0.4) is 0 Å². The number of rotatable bonds is 3. The molecule has 2 atom stereocenters. The van der Waals surface area contributed by atoms with Crippen LogP contribution in [0.2, 0.25) is 10.0 Å². The lowest BCUT2D eigenvalue weighted by atomic mass is 9.89. The molecule has 0 aliphatic carbocycles. The third-order valence-electron chi connectivity index (χ3n) is 4.07. The molecule has 0 spiro atoms. The molecule has 1 aliphatic rings. The Hall–Kier alpha value is -0.770. The summed E-state index contributed by atoms with van der Waals surface area (Å²) in [6.07, 6.45) is 1.76. The molecule has 0 aromatic heterocycles. The lowest BCUT2D eigenvalue weighted by Gasteiger charge is -2.32. The Balaban J connectivity index is 2.08. The van der Waals surface area contributed by atoms with E-state index >= 15 is 0 Å². The second-order valence-corrected chi connectivity index (χ2v) is 7.13. The van der Waals surface area contributed by atoms with Crippen molar-refractivity contribution >= 4 is 29.1 Å². The third kappa shape index (κ3) is 4.12. The van der Waals surface area contributed by atoms with E-state index in [0.29, 0.717) is 16.1 Å². The van der Waals surface area contributed by atoms with E-state index in [9.17, 15) is 4.79 Å². The first-order valence-electron chi connectivity index (χ1n) is 7.30. The Morgan fingerprint density at radius 1 is 1.33 bits per heavy atom. The standard InChI is InChI=1S/C16H22Cl2N2O/c1-10-8-11(6-7-19-10)15(21)20-16(2,3)12-4-5-13(17)14(18)9-12/h4-5,9-11,19H,6-8H2,1-3H3,(H,20,21)/t10-,11-/m0/s1. The van der Waals surface area contributed by atoms with Crippen LogP contribution in [0.15, 0.2) is 18.2 Å². The first kappa shape index (κ1) is 16.6. The van der Waals surface area contributed by atoms with E-state index in [1.54, 1.807) is 6.07 Å². The van der Waals surface area contributed by atoms with Gasteiger partial charge in [-0.2, -0.15) is 0 Å². The first-order valence-corrected chi connectivity index (χ1v) is 8.06. The first-order chi connectivity index (χ1) is 9.79. The number of hydrogen-bond donors (Lipinski definition) is 2. The molecular formula is C16H22Cl2N2O. The predicted octanol–water partition coefficient (Wildman–Crippen LogP) is 3.73. The maximum atomic E-state index is 12.5. The lowest BCUT2D eigenvalue weighted by molar-refractivity contribution is -0.127. The summed E-state index contributed by atoms with van der Waals surface area (Å²) >= 11 is 12.0. The zero-order valence-corrected chi connectivity index (χ0v) is 14.2. The van der Waals surface area contributed by atoms with Crippen LogP contribution >= 0.6 is 23.2 Å². The third-order valence-corrected chi connectivity index (χ3v) is 4.81. The van der Waals surface area contributed by atoms with Gasteiger partial charge in [-0.05, 0) is 57.9 Å². The number of amides is 1. The van der Waals surface area contributed by atoms with Crippen molar-refractivity contribution in [2.24, 2.45) is 5.92 Å². The Labute approximate surface area is 136 Å². The SMILES string of the molecule is C[C@H]1C[C@@H](C(=O)NC(C)(C)c2ccc(Cl)c(Cl)c2)CCN1. The van der Waals surface area contributed by atoms with Crippen molar-refractivity contribution in [3.05, 3.63) is 33.8 Å². The van der Waals surface area contributed by atoms with E-state index in [2.05, 4.69) is 17.6 Å². The summed E-state index contributed by atoms with van der Waals surface area (Å²) in [7, 11) is 0. The number of hydrogen-bond acceptors (Lipinski definition) is 2. The zero-order valence-electron chi connectivity index (χ0n) is 12.7. The molecule has 116 valence electrons. The Bertz CT molecular complexity index is 531. The van der Waals surface area contributed by atoms with Crippen LogP contribution in [0.25, 0.3) is 0 Å². The fraction of sp³-hybridized carbons (Fsp3) is 0.562. The number of halogens is 2. The highest BCUT2D eigenvalue weighted by atomic mass is 35.5. The molecule has 1 amide bonds. The normalized spacial score (nSPS) is 22.9. The highest BCUT2D eigenvalue weighted by Crippen LogP contribution is 2.29. The molecule has 3 nitrogen and oxygen atoms in total. The van der Waals surface area contributed by atoms with E-state index in [0.717, 1.165) is 24.9 Å². The summed E-state index contributed by atoms with van der Waals surface area (Å²) in [5.74, 6) is 0.183. The number of nitrogens with one attached hydrogen (secondary N) is 2. The smallest absolute Gasteiger partial charge is 0.223 e. The number of piperidine rings is 1. The van der Waals surface area contributed by atoms with Crippen molar-refractivity contribution < 1.29 is 4.79 Å². The molecule has 1 saturated heterocycles. The zero-order chi connectivity index (χ0) is 15.6. The van der Waals surface area contributed by atoms with Crippen LogP contribution in [0.4, 0.5) is 0 Å². The second-order valence-electron chi connectivity index (χ2n) is 6.32. The predicted molar refractivity (Wildman–Crippen MR) is 87.8 cm³/mol. The lowest BCUT2D eigenvalue weighted by Crippen LogP contribution is -2.48. The van der Waals surface area contributed by atoms with E-state index in [1.165, 1.54) is 0 Å². The van der Waals surface area contributed by atoms with Crippen molar-refractivity contribution in [1.82, 2.24) is 10.6 Å². The molecule has 2 N–H and O–H groups in total. The van der Waals surface area contributed by atoms with Gasteiger partial charge in [0.05, 0.1) is 15.6 Å². The molecule has 1 aliphatic heterocycles. The molecular weight excluding hydrogens is 307 g/mol. The molecule has 0 radical (unpaired) electrons. The van der Waals surface area contributed by atoms with Gasteiger partial charge in [-0.15, -0.1) is 0 Å². The molecule has 0 unspecified atom stereocenters. The maximum absolute atomic E-state index is 12.5. The van der Waals surface area contributed by atoms with Gasteiger partial charge in [0.25, 0.3) is 0 Å². The second kappa shape index (κ2) is 6.55. The molecule has 1 fully saturated rings. The van der Waals surface area contributed by atoms with Gasteiger partial charge in [-0.1, -0.05) is 29.3 Å². The summed E-state index contributed by atoms with van der Waals surface area (Å²) in [6.45, 7) is 6.97. The van der Waals surface area contributed by atoms with E-state index in [-0.39, 0.29) is 11.8 Å². The van der Waals surface area contributed by atoms with Gasteiger partial charge in [-0.25, -0.2) is 0 Å². The molecule has 5 heteroatoms. The minimum absolute atomic E-state index is 0.0725. The topological polar surface area (TPSA) is 41.1 Å². The van der Waals surface area contributed by atoms with Crippen molar-refractivity contribution in [2.75, 3.05) is 6.54 Å². The van der Waals surface area contributed by atoms with E-state index in [4.69, 9.17) is 23.2 Å². The summed E-state index contributed by atoms with van der Waals surface area (Å²) < 4.78 is 0. The highest BCUT2D eigenvalue weighted by molar-refractivity contribution is 6.42. The molecule has 2 rings (SSSR count). The van der Waals surface area contributed by atoms with Crippen LogP contribution < -0.4 is 10.6 Å². The fourth-order valence-electron chi connectivity index (χ4n) is 2.74. The van der Waals surface area contributed by atoms with Crippen molar-refractivity contribution in [1.29, 1.82) is 0 Å². The molecule has 1 aromatic rings. The average Bonchev–Trinajstić information content (AvgIpc) is 2.41. The summed E-state index contributed by atoms with van der Waals surface area (Å²) in [4.78, 5) is 12.5. The number of carbonyl (C=O) groups excluding carboxylic acids is 1. The maximum Gasteiger partial charge on any atom is 0.223 e. The number of carbonyl (C=O) groups is 1. The highest BCUT2D eigenvalue weighted by Gasteiger charge is 2.30. The quantitative estimate of drug-likeness (QED) is 0.887. The molecule has 0 bridgehead atoms. The average molecular weight is 329 g/mol. The van der Waals surface area contributed by atoms with Gasteiger partial charge in [0, 0.05) is 12.0 Å². The van der Waals surface area contributed by atoms with Gasteiger partial charge in [0.2, 0.25) is 5.91 Å². The van der Waals surface area contributed by atoms with Gasteiger partial charge in [0.1, 0.15) is 0 Å². The Morgan fingerprint density at radius 3 is 2.67 bits per heavy atom. The minimum Gasteiger partial charge on any atom is -0.347 e. The van der Waals surface area contributed by atoms with Gasteiger partial charge in [0.15, 0.2) is 0 Å². The van der Waals surface area contributed by atoms with Crippen LogP contribution in [0.1, 0.15) is 39.2 Å². The van der Waals surface area contributed by atoms with Crippen molar-refractivity contribution in [3.63, 3.8) is 0 Å². The number of benzene rings is 1. The molecule has 1 aromatic carbocycles. The van der Waals surface area contributed by atoms with Crippen molar-refractivity contribution in [3.8, 4) is 0 Å². The van der Waals surface area contributed by atoms with Crippen LogP contribution in [-0.4, -0.2) is 18.5 Å². The van der Waals surface area contributed by atoms with Gasteiger partial charge >= 0.3 is 0 Å². The van der Waals surface area contributed by atoms with Crippen LogP contribution in [0, 0.1) is 5.92 Å². The Kier molecular flexibility index (Phi) is 5.18. The van der Waals surface area contributed by atoms with Crippen LogP contribution in [-0.2, 0) is 10.3 Å². The molecule has 21 heavy (non-hydrogen) atoms. The van der Waals surface area contributed by atoms with E-state index in [1.807, 2.05) is 26.0 Å². The van der Waals surface area contributed by atoms with E-state index < -0.39 is 5.54 Å². The largest absolute Gasteiger partial charge is 0.347 e. The van der Waals surface area contributed by atoms with Crippen molar-refractivity contribution in [2.45, 2.75) is 45.2 Å². The molecule has 0 saturated carbocycles. The Morgan fingerprint density at radius 2 is 2.05 bits per heavy atom. The fourth-order valence-corrected chi connectivity index (χ4v) is 3.04. The monoisotopic (exact) mass is 328 g/mol. The minimum atomic E-state index is -0.473.